The van der Waals surface area contributed by atoms with Crippen LogP contribution in [0.4, 0.5) is 0 Å². The molecule has 3 aliphatic rings. The first-order valence-electron chi connectivity index (χ1n) is 4.54. The third-order valence-corrected chi connectivity index (χ3v) is 2.95. The van der Waals surface area contributed by atoms with E-state index in [0.717, 1.165) is 12.5 Å². The van der Waals surface area contributed by atoms with Crippen molar-refractivity contribution in [1.82, 2.24) is 10.4 Å². The molecule has 2 bridgehead atoms. The Labute approximate surface area is 72.2 Å². The normalized spacial score (nSPS) is 40.6. The number of hydrogen-bond donors (Lipinski definition) is 2. The van der Waals surface area contributed by atoms with Gasteiger partial charge in [0.05, 0.1) is 6.04 Å². The van der Waals surface area contributed by atoms with Crippen LogP contribution in [0, 0.1) is 5.92 Å². The topological polar surface area (TPSA) is 47.9 Å². The molecule has 0 saturated carbocycles. The molecule has 3 rings (SSSR count). The Balaban J connectivity index is 1.95. The molecule has 4 heteroatoms. The molecule has 0 radical (unpaired) electrons. The van der Waals surface area contributed by atoms with Crippen LogP contribution in [0.3, 0.4) is 0 Å². The van der Waals surface area contributed by atoms with Crippen molar-refractivity contribution in [1.29, 1.82) is 0 Å². The number of nitrogens with zero attached hydrogens (tertiary/aromatic N) is 2. The van der Waals surface area contributed by atoms with Gasteiger partial charge in [0.2, 0.25) is 0 Å². The van der Waals surface area contributed by atoms with Gasteiger partial charge in [-0.3, -0.25) is 15.7 Å². The first-order valence-corrected chi connectivity index (χ1v) is 4.54. The Morgan fingerprint density at radius 1 is 1.42 bits per heavy atom. The van der Waals surface area contributed by atoms with Gasteiger partial charge in [0.15, 0.2) is 0 Å². The van der Waals surface area contributed by atoms with Gasteiger partial charge in [-0.1, -0.05) is 0 Å². The predicted octanol–water partition coefficient (Wildman–Crippen LogP) is 0.0877. The van der Waals surface area contributed by atoms with E-state index in [1.165, 1.54) is 32.3 Å². The van der Waals surface area contributed by atoms with E-state index in [0.29, 0.717) is 6.04 Å². The van der Waals surface area contributed by atoms with Gasteiger partial charge in [0.25, 0.3) is 0 Å². The summed E-state index contributed by atoms with van der Waals surface area (Å²) in [6, 6.07) is 0.409. The van der Waals surface area contributed by atoms with Crippen molar-refractivity contribution in [2.45, 2.75) is 18.9 Å². The summed E-state index contributed by atoms with van der Waals surface area (Å²) in [5.41, 5.74) is 1.96. The molecular weight excluding hydrogens is 154 g/mol. The molecule has 0 unspecified atom stereocenters. The van der Waals surface area contributed by atoms with Crippen molar-refractivity contribution in [3.05, 3.63) is 0 Å². The van der Waals surface area contributed by atoms with E-state index in [1.807, 2.05) is 5.48 Å². The van der Waals surface area contributed by atoms with Gasteiger partial charge in [-0.05, 0) is 31.8 Å². The molecule has 1 atom stereocenters. The number of fused-ring (bicyclic) bond motifs is 3. The minimum absolute atomic E-state index is 0.409. The number of hydroxylamine groups is 1. The number of nitrogens with one attached hydrogen (secondary N) is 1. The summed E-state index contributed by atoms with van der Waals surface area (Å²) in [6.45, 7) is 3.55. The molecule has 3 saturated heterocycles. The minimum Gasteiger partial charge on any atom is -0.301 e. The lowest BCUT2D eigenvalue weighted by Gasteiger charge is -2.42. The highest BCUT2D eigenvalue weighted by atomic mass is 16.5. The van der Waals surface area contributed by atoms with Crippen LogP contribution < -0.4 is 5.48 Å². The van der Waals surface area contributed by atoms with E-state index in [1.54, 1.807) is 0 Å². The number of hydrogen-bond acceptors (Lipinski definition) is 3. The third kappa shape index (κ3) is 1.44. The molecule has 0 spiro atoms. The molecule has 3 heterocycles. The number of rotatable bonds is 2. The molecular formula is C8H15N3O. The Morgan fingerprint density at radius 3 is 2.67 bits per heavy atom. The summed E-state index contributed by atoms with van der Waals surface area (Å²) >= 11 is 0. The second-order valence-corrected chi connectivity index (χ2v) is 3.61. The molecule has 4 nitrogen and oxygen atoms in total. The molecule has 2 N–H and O–H groups in total. The maximum absolute atomic E-state index is 8.35. The van der Waals surface area contributed by atoms with E-state index in [9.17, 15) is 0 Å². The van der Waals surface area contributed by atoms with Crippen molar-refractivity contribution >= 4 is 6.34 Å². The van der Waals surface area contributed by atoms with Crippen LogP contribution in [0.25, 0.3) is 0 Å². The van der Waals surface area contributed by atoms with E-state index in [-0.39, 0.29) is 0 Å². The summed E-state index contributed by atoms with van der Waals surface area (Å²) in [7, 11) is 0. The lowest BCUT2D eigenvalue weighted by molar-refractivity contribution is 0.0902. The summed E-state index contributed by atoms with van der Waals surface area (Å²) in [6.07, 6.45) is 3.94. The maximum atomic E-state index is 8.35. The highest BCUT2D eigenvalue weighted by Crippen LogP contribution is 2.29. The van der Waals surface area contributed by atoms with Crippen molar-refractivity contribution in [2.24, 2.45) is 10.9 Å². The van der Waals surface area contributed by atoms with Crippen molar-refractivity contribution in [3.8, 4) is 0 Å². The van der Waals surface area contributed by atoms with Crippen LogP contribution >= 0.6 is 0 Å². The van der Waals surface area contributed by atoms with Gasteiger partial charge in [-0.25, -0.2) is 0 Å². The summed E-state index contributed by atoms with van der Waals surface area (Å²) in [5, 5.41) is 8.35. The zero-order valence-electron chi connectivity index (χ0n) is 7.11. The summed E-state index contributed by atoms with van der Waals surface area (Å²) in [5.74, 6) is 0.750. The number of piperidine rings is 3. The van der Waals surface area contributed by atoms with Gasteiger partial charge in [-0.2, -0.15) is 0 Å². The van der Waals surface area contributed by atoms with Crippen LogP contribution in [-0.4, -0.2) is 42.1 Å². The van der Waals surface area contributed by atoms with E-state index >= 15 is 0 Å². The highest BCUT2D eigenvalue weighted by molar-refractivity contribution is 5.52. The molecule has 3 aliphatic heterocycles. The largest absolute Gasteiger partial charge is 0.301 e. The lowest BCUT2D eigenvalue weighted by atomic mass is 9.84. The fourth-order valence-electron chi connectivity index (χ4n) is 2.23. The lowest BCUT2D eigenvalue weighted by Crippen LogP contribution is -2.49. The molecule has 0 aliphatic carbocycles. The Bertz CT molecular complexity index is 175. The van der Waals surface area contributed by atoms with Gasteiger partial charge in [0.1, 0.15) is 6.34 Å². The Morgan fingerprint density at radius 2 is 2.17 bits per heavy atom. The Hall–Kier alpha value is -0.610. The first-order chi connectivity index (χ1) is 5.90. The quantitative estimate of drug-likeness (QED) is 0.350. The van der Waals surface area contributed by atoms with Crippen LogP contribution in [0.15, 0.2) is 4.99 Å². The summed E-state index contributed by atoms with van der Waals surface area (Å²) in [4.78, 5) is 6.70. The minimum atomic E-state index is 0.409. The second-order valence-electron chi connectivity index (χ2n) is 3.61. The highest BCUT2D eigenvalue weighted by Gasteiger charge is 2.33. The van der Waals surface area contributed by atoms with Crippen LogP contribution in [-0.2, 0) is 0 Å². The third-order valence-electron chi connectivity index (χ3n) is 2.95. The monoisotopic (exact) mass is 169 g/mol. The van der Waals surface area contributed by atoms with Gasteiger partial charge in [0, 0.05) is 6.54 Å². The average molecular weight is 169 g/mol. The average Bonchev–Trinajstić information content (AvgIpc) is 2.17. The van der Waals surface area contributed by atoms with Crippen molar-refractivity contribution < 1.29 is 5.21 Å². The van der Waals surface area contributed by atoms with Gasteiger partial charge >= 0.3 is 0 Å². The molecule has 0 aromatic heterocycles. The van der Waals surface area contributed by atoms with E-state index in [4.69, 9.17) is 5.21 Å². The zero-order chi connectivity index (χ0) is 8.39. The van der Waals surface area contributed by atoms with Crippen LogP contribution in [0.1, 0.15) is 12.8 Å². The fourth-order valence-corrected chi connectivity index (χ4v) is 2.23. The molecule has 3 fully saturated rings. The first kappa shape index (κ1) is 8.01. The Kier molecular flexibility index (Phi) is 2.28. The number of aliphatic imine (C=N–C) groups is 1. The zero-order valence-corrected chi connectivity index (χ0v) is 7.11. The van der Waals surface area contributed by atoms with Crippen molar-refractivity contribution in [2.75, 3.05) is 19.6 Å². The fraction of sp³-hybridized carbons (Fsp3) is 0.875. The SMILES string of the molecule is ONC=N[C@H]1CN2CCC1CC2. The maximum Gasteiger partial charge on any atom is 0.107 e. The van der Waals surface area contributed by atoms with Crippen LogP contribution in [0.2, 0.25) is 0 Å². The smallest absolute Gasteiger partial charge is 0.107 e. The van der Waals surface area contributed by atoms with Gasteiger partial charge in [-0.15, -0.1) is 0 Å². The van der Waals surface area contributed by atoms with Gasteiger partial charge < -0.3 is 4.90 Å². The molecule has 0 aromatic rings. The van der Waals surface area contributed by atoms with E-state index < -0.39 is 0 Å². The molecule has 0 amide bonds. The second kappa shape index (κ2) is 3.41. The molecule has 0 aromatic carbocycles. The predicted molar refractivity (Wildman–Crippen MR) is 46.4 cm³/mol. The van der Waals surface area contributed by atoms with E-state index in [2.05, 4.69) is 9.89 Å². The molecule has 68 valence electrons. The van der Waals surface area contributed by atoms with Crippen LogP contribution in [0.5, 0.6) is 0 Å². The molecule has 12 heavy (non-hydrogen) atoms. The summed E-state index contributed by atoms with van der Waals surface area (Å²) < 4.78 is 0. The van der Waals surface area contributed by atoms with Crippen molar-refractivity contribution in [3.63, 3.8) is 0 Å². The standard InChI is InChI=1S/C8H15N3O/c12-10-6-9-8-5-11-3-1-7(8)2-4-11/h6-8,12H,1-5H2,(H,9,10)/t8-/m0/s1.